The standard InChI is InChI=1S/C10H16O4/c1-3-4-11-7-10-8-12-5-6-13-9(2)14-10/h1,9-10H,4-8H2,2H3. The average molecular weight is 200 g/mol. The molecule has 0 aromatic heterocycles. The molecule has 0 bridgehead atoms. The highest BCUT2D eigenvalue weighted by Gasteiger charge is 2.16. The van der Waals surface area contributed by atoms with Gasteiger partial charge in [0.15, 0.2) is 6.29 Å². The first kappa shape index (κ1) is 11.5. The third-order valence-electron chi connectivity index (χ3n) is 1.76. The summed E-state index contributed by atoms with van der Waals surface area (Å²) in [5.41, 5.74) is 0. The van der Waals surface area contributed by atoms with Gasteiger partial charge in [0, 0.05) is 0 Å². The van der Waals surface area contributed by atoms with E-state index >= 15 is 0 Å². The van der Waals surface area contributed by atoms with Gasteiger partial charge in [0.25, 0.3) is 0 Å². The van der Waals surface area contributed by atoms with Crippen LogP contribution < -0.4 is 0 Å². The molecule has 2 unspecified atom stereocenters. The Morgan fingerprint density at radius 2 is 2.36 bits per heavy atom. The monoisotopic (exact) mass is 200 g/mol. The van der Waals surface area contributed by atoms with E-state index in [-0.39, 0.29) is 12.4 Å². The van der Waals surface area contributed by atoms with E-state index < -0.39 is 0 Å². The van der Waals surface area contributed by atoms with Gasteiger partial charge in [-0.05, 0) is 6.92 Å². The smallest absolute Gasteiger partial charge is 0.155 e. The molecule has 1 fully saturated rings. The van der Waals surface area contributed by atoms with Crippen molar-refractivity contribution in [1.29, 1.82) is 0 Å². The third-order valence-corrected chi connectivity index (χ3v) is 1.76. The molecule has 1 saturated heterocycles. The lowest BCUT2D eigenvalue weighted by Gasteiger charge is -2.25. The molecule has 0 amide bonds. The van der Waals surface area contributed by atoms with Gasteiger partial charge in [0.2, 0.25) is 0 Å². The fourth-order valence-electron chi connectivity index (χ4n) is 1.17. The zero-order chi connectivity index (χ0) is 10.2. The normalized spacial score (nSPS) is 28.9. The van der Waals surface area contributed by atoms with Gasteiger partial charge in [-0.15, -0.1) is 6.42 Å². The highest BCUT2D eigenvalue weighted by molar-refractivity contribution is 4.83. The largest absolute Gasteiger partial charge is 0.376 e. The number of terminal acetylenes is 1. The molecule has 14 heavy (non-hydrogen) atoms. The average Bonchev–Trinajstić information content (AvgIpc) is 2.13. The van der Waals surface area contributed by atoms with Crippen molar-refractivity contribution in [2.75, 3.05) is 33.0 Å². The van der Waals surface area contributed by atoms with Crippen molar-refractivity contribution in [1.82, 2.24) is 0 Å². The number of ether oxygens (including phenoxy) is 4. The Labute approximate surface area is 84.5 Å². The summed E-state index contributed by atoms with van der Waals surface area (Å²) in [6, 6.07) is 0. The Morgan fingerprint density at radius 3 is 3.14 bits per heavy atom. The van der Waals surface area contributed by atoms with Crippen molar-refractivity contribution in [2.24, 2.45) is 0 Å². The molecule has 1 rings (SSSR count). The van der Waals surface area contributed by atoms with E-state index in [2.05, 4.69) is 5.92 Å². The number of hydrogen-bond acceptors (Lipinski definition) is 4. The van der Waals surface area contributed by atoms with Crippen LogP contribution in [0.4, 0.5) is 0 Å². The van der Waals surface area contributed by atoms with Crippen molar-refractivity contribution < 1.29 is 18.9 Å². The first-order valence-corrected chi connectivity index (χ1v) is 4.69. The topological polar surface area (TPSA) is 36.9 Å². The molecule has 4 nitrogen and oxygen atoms in total. The second-order valence-corrected chi connectivity index (χ2v) is 2.99. The fraction of sp³-hybridized carbons (Fsp3) is 0.800. The minimum absolute atomic E-state index is 0.0985. The van der Waals surface area contributed by atoms with Crippen LogP contribution in [-0.4, -0.2) is 45.4 Å². The van der Waals surface area contributed by atoms with Gasteiger partial charge in [-0.1, -0.05) is 5.92 Å². The molecule has 0 saturated carbocycles. The summed E-state index contributed by atoms with van der Waals surface area (Å²) in [6.45, 7) is 4.29. The second-order valence-electron chi connectivity index (χ2n) is 2.99. The Balaban J connectivity index is 2.22. The zero-order valence-corrected chi connectivity index (χ0v) is 8.40. The van der Waals surface area contributed by atoms with Crippen LogP contribution in [-0.2, 0) is 18.9 Å². The van der Waals surface area contributed by atoms with Crippen molar-refractivity contribution >= 4 is 0 Å². The Kier molecular flexibility index (Phi) is 5.57. The maximum Gasteiger partial charge on any atom is 0.155 e. The van der Waals surface area contributed by atoms with Crippen LogP contribution >= 0.6 is 0 Å². The fourth-order valence-corrected chi connectivity index (χ4v) is 1.17. The molecule has 0 aromatic rings. The van der Waals surface area contributed by atoms with Gasteiger partial charge in [-0.3, -0.25) is 0 Å². The molecule has 0 spiro atoms. The summed E-state index contributed by atoms with van der Waals surface area (Å²) in [4.78, 5) is 0. The Morgan fingerprint density at radius 1 is 1.50 bits per heavy atom. The molecule has 0 aromatic carbocycles. The van der Waals surface area contributed by atoms with Gasteiger partial charge < -0.3 is 18.9 Å². The highest BCUT2D eigenvalue weighted by atomic mass is 16.7. The van der Waals surface area contributed by atoms with Gasteiger partial charge >= 0.3 is 0 Å². The predicted molar refractivity (Wildman–Crippen MR) is 50.8 cm³/mol. The molecule has 1 heterocycles. The maximum atomic E-state index is 5.50. The van der Waals surface area contributed by atoms with Gasteiger partial charge in [-0.2, -0.15) is 0 Å². The number of hydrogen-bond donors (Lipinski definition) is 0. The van der Waals surface area contributed by atoms with E-state index in [0.717, 1.165) is 0 Å². The molecule has 1 aliphatic heterocycles. The zero-order valence-electron chi connectivity index (χ0n) is 8.40. The van der Waals surface area contributed by atoms with E-state index in [1.165, 1.54) is 0 Å². The van der Waals surface area contributed by atoms with E-state index in [0.29, 0.717) is 33.0 Å². The summed E-state index contributed by atoms with van der Waals surface area (Å²) in [6.07, 6.45) is 4.75. The van der Waals surface area contributed by atoms with Gasteiger partial charge in [0.1, 0.15) is 12.7 Å². The first-order chi connectivity index (χ1) is 6.83. The molecular formula is C10H16O4. The minimum atomic E-state index is -0.210. The van der Waals surface area contributed by atoms with E-state index in [4.69, 9.17) is 25.4 Å². The molecule has 1 aliphatic rings. The molecule has 0 radical (unpaired) electrons. The Bertz CT molecular complexity index is 187. The van der Waals surface area contributed by atoms with E-state index in [1.807, 2.05) is 6.92 Å². The molecule has 4 heteroatoms. The summed E-state index contributed by atoms with van der Waals surface area (Å²) in [5, 5.41) is 0. The van der Waals surface area contributed by atoms with Crippen molar-refractivity contribution in [3.05, 3.63) is 0 Å². The van der Waals surface area contributed by atoms with Crippen LogP contribution in [0.25, 0.3) is 0 Å². The first-order valence-electron chi connectivity index (χ1n) is 4.69. The van der Waals surface area contributed by atoms with Crippen molar-refractivity contribution in [3.8, 4) is 12.3 Å². The van der Waals surface area contributed by atoms with Gasteiger partial charge in [0.05, 0.1) is 26.4 Å². The van der Waals surface area contributed by atoms with Crippen LogP contribution in [0.2, 0.25) is 0 Å². The molecule has 0 aliphatic carbocycles. The van der Waals surface area contributed by atoms with Crippen molar-refractivity contribution in [2.45, 2.75) is 19.3 Å². The molecule has 80 valence electrons. The predicted octanol–water partition coefficient (Wildman–Crippen LogP) is 0.414. The minimum Gasteiger partial charge on any atom is -0.376 e. The van der Waals surface area contributed by atoms with Crippen molar-refractivity contribution in [3.63, 3.8) is 0 Å². The van der Waals surface area contributed by atoms with Crippen LogP contribution in [0.3, 0.4) is 0 Å². The summed E-state index contributed by atoms with van der Waals surface area (Å²) >= 11 is 0. The van der Waals surface area contributed by atoms with Crippen LogP contribution in [0.15, 0.2) is 0 Å². The maximum absolute atomic E-state index is 5.50. The summed E-state index contributed by atoms with van der Waals surface area (Å²) in [7, 11) is 0. The quantitative estimate of drug-likeness (QED) is 0.488. The van der Waals surface area contributed by atoms with Crippen LogP contribution in [0.5, 0.6) is 0 Å². The van der Waals surface area contributed by atoms with E-state index in [9.17, 15) is 0 Å². The highest BCUT2D eigenvalue weighted by Crippen LogP contribution is 2.05. The molecular weight excluding hydrogens is 184 g/mol. The lowest BCUT2D eigenvalue weighted by Crippen LogP contribution is -2.34. The molecule has 0 N–H and O–H groups in total. The lowest BCUT2D eigenvalue weighted by atomic mass is 10.4. The Hall–Kier alpha value is -0.600. The second kappa shape index (κ2) is 6.80. The van der Waals surface area contributed by atoms with E-state index in [1.54, 1.807) is 0 Å². The SMILES string of the molecule is C#CCOCC1COCCOC(C)O1. The van der Waals surface area contributed by atoms with Gasteiger partial charge in [-0.25, -0.2) is 0 Å². The van der Waals surface area contributed by atoms with Crippen LogP contribution in [0, 0.1) is 12.3 Å². The van der Waals surface area contributed by atoms with Crippen LogP contribution in [0.1, 0.15) is 6.92 Å². The summed E-state index contributed by atoms with van der Waals surface area (Å²) < 4.78 is 21.2. The number of rotatable bonds is 3. The third kappa shape index (κ3) is 4.58. The summed E-state index contributed by atoms with van der Waals surface area (Å²) in [5.74, 6) is 2.40. The molecule has 2 atom stereocenters. The lowest BCUT2D eigenvalue weighted by molar-refractivity contribution is -0.209.